The summed E-state index contributed by atoms with van der Waals surface area (Å²) in [7, 11) is 0. The summed E-state index contributed by atoms with van der Waals surface area (Å²) in [6.45, 7) is 11.2. The Kier molecular flexibility index (Phi) is 25.1. The largest absolute Gasteiger partial charge is 0.481 e. The fourth-order valence-corrected chi connectivity index (χ4v) is 0.984. The third-order valence-electron chi connectivity index (χ3n) is 1.93. The van der Waals surface area contributed by atoms with E-state index < -0.39 is 11.9 Å². The first-order valence-electron chi connectivity index (χ1n) is 7.98. The van der Waals surface area contributed by atoms with Gasteiger partial charge in [0, 0.05) is 13.2 Å². The van der Waals surface area contributed by atoms with E-state index >= 15 is 0 Å². The Labute approximate surface area is 144 Å². The van der Waals surface area contributed by atoms with E-state index in [-0.39, 0.29) is 26.1 Å². The first-order chi connectivity index (χ1) is 11.2. The Morgan fingerprint density at radius 3 is 1.29 bits per heavy atom. The summed E-state index contributed by atoms with van der Waals surface area (Å²) in [5, 5.41) is 32.0. The van der Waals surface area contributed by atoms with Gasteiger partial charge in [-0.25, -0.2) is 0 Å². The van der Waals surface area contributed by atoms with Crippen LogP contribution in [0.25, 0.3) is 0 Å². The fraction of sp³-hybridized carbons (Fsp3) is 0.875. The van der Waals surface area contributed by atoms with Gasteiger partial charge in [0.25, 0.3) is 0 Å². The molecule has 0 bridgehead atoms. The van der Waals surface area contributed by atoms with Crippen molar-refractivity contribution in [2.24, 2.45) is 11.8 Å². The first kappa shape index (κ1) is 27.6. The minimum Gasteiger partial charge on any atom is -0.481 e. The van der Waals surface area contributed by atoms with Gasteiger partial charge in [-0.2, -0.15) is 0 Å². The molecule has 0 aliphatic rings. The van der Waals surface area contributed by atoms with Crippen molar-refractivity contribution in [2.75, 3.05) is 39.6 Å². The van der Waals surface area contributed by atoms with Gasteiger partial charge in [0.1, 0.15) is 0 Å². The molecule has 8 heteroatoms. The molecule has 24 heavy (non-hydrogen) atoms. The van der Waals surface area contributed by atoms with Crippen LogP contribution in [-0.2, 0) is 19.1 Å². The third kappa shape index (κ3) is 42.8. The first-order valence-corrected chi connectivity index (χ1v) is 7.98. The lowest BCUT2D eigenvalue weighted by Crippen LogP contribution is -2.06. The van der Waals surface area contributed by atoms with Crippen LogP contribution in [0.2, 0.25) is 0 Å². The van der Waals surface area contributed by atoms with Crippen LogP contribution in [0.5, 0.6) is 0 Å². The van der Waals surface area contributed by atoms with Crippen LogP contribution in [0.4, 0.5) is 0 Å². The van der Waals surface area contributed by atoms with Crippen LogP contribution >= 0.6 is 0 Å². The van der Waals surface area contributed by atoms with Crippen molar-refractivity contribution in [3.63, 3.8) is 0 Å². The lowest BCUT2D eigenvalue weighted by atomic mass is 10.2. The van der Waals surface area contributed by atoms with Crippen LogP contribution < -0.4 is 0 Å². The summed E-state index contributed by atoms with van der Waals surface area (Å²) >= 11 is 0. The second-order valence-electron chi connectivity index (χ2n) is 5.67. The lowest BCUT2D eigenvalue weighted by Gasteiger charge is -2.07. The molecular weight excluding hydrogens is 320 g/mol. The Balaban J connectivity index is -0.000000278. The van der Waals surface area contributed by atoms with Crippen molar-refractivity contribution < 1.29 is 39.5 Å². The van der Waals surface area contributed by atoms with Gasteiger partial charge in [-0.05, 0) is 11.8 Å². The SMILES string of the molecule is CC(C)COCC(C)C.O=C(O)CCC(=O)O.OCCOCCO. The molecule has 0 radical (unpaired) electrons. The number of aliphatic carboxylic acids is 2. The van der Waals surface area contributed by atoms with Crippen molar-refractivity contribution in [3.8, 4) is 0 Å². The van der Waals surface area contributed by atoms with Gasteiger partial charge >= 0.3 is 11.9 Å². The number of carboxylic acid groups (broad SMARTS) is 2. The van der Waals surface area contributed by atoms with Gasteiger partial charge in [0.05, 0.1) is 39.3 Å². The number of ether oxygens (including phenoxy) is 2. The molecule has 0 heterocycles. The maximum absolute atomic E-state index is 9.64. The zero-order valence-corrected chi connectivity index (χ0v) is 15.2. The van der Waals surface area contributed by atoms with Crippen molar-refractivity contribution >= 4 is 11.9 Å². The zero-order chi connectivity index (χ0) is 19.4. The fourth-order valence-electron chi connectivity index (χ4n) is 0.984. The van der Waals surface area contributed by atoms with Crippen molar-refractivity contribution in [1.29, 1.82) is 0 Å². The van der Waals surface area contributed by atoms with E-state index in [0.717, 1.165) is 13.2 Å². The zero-order valence-electron chi connectivity index (χ0n) is 15.2. The average Bonchev–Trinajstić information content (AvgIpc) is 2.46. The van der Waals surface area contributed by atoms with Crippen LogP contribution in [0, 0.1) is 11.8 Å². The Morgan fingerprint density at radius 1 is 0.750 bits per heavy atom. The topological polar surface area (TPSA) is 134 Å². The summed E-state index contributed by atoms with van der Waals surface area (Å²) < 4.78 is 9.99. The molecule has 0 rings (SSSR count). The van der Waals surface area contributed by atoms with Gasteiger partial charge in [0.15, 0.2) is 0 Å². The van der Waals surface area contributed by atoms with Gasteiger partial charge in [-0.15, -0.1) is 0 Å². The van der Waals surface area contributed by atoms with Crippen LogP contribution in [-0.4, -0.2) is 72.0 Å². The molecule has 0 amide bonds. The van der Waals surface area contributed by atoms with E-state index in [0.29, 0.717) is 25.0 Å². The second-order valence-corrected chi connectivity index (χ2v) is 5.67. The van der Waals surface area contributed by atoms with Crippen molar-refractivity contribution in [1.82, 2.24) is 0 Å². The Bertz CT molecular complexity index is 253. The van der Waals surface area contributed by atoms with E-state index in [2.05, 4.69) is 32.4 Å². The highest BCUT2D eigenvalue weighted by atomic mass is 16.5. The Morgan fingerprint density at radius 2 is 1.08 bits per heavy atom. The monoisotopic (exact) mass is 354 g/mol. The van der Waals surface area contributed by atoms with E-state index in [9.17, 15) is 9.59 Å². The molecule has 0 saturated carbocycles. The van der Waals surface area contributed by atoms with Gasteiger partial charge in [-0.3, -0.25) is 9.59 Å². The molecule has 8 nitrogen and oxygen atoms in total. The average molecular weight is 354 g/mol. The molecule has 0 fully saturated rings. The summed E-state index contributed by atoms with van der Waals surface area (Å²) in [4.78, 5) is 19.3. The van der Waals surface area contributed by atoms with Gasteiger partial charge in [-0.1, -0.05) is 27.7 Å². The summed E-state index contributed by atoms with van der Waals surface area (Å²) in [5.41, 5.74) is 0. The summed E-state index contributed by atoms with van der Waals surface area (Å²) in [6, 6.07) is 0. The standard InChI is InChI=1S/C8H18O.C4H6O4.C4H10O3/c1-7(2)5-9-6-8(3)4;5-3(6)1-2-4(7)8;5-1-3-7-4-2-6/h7-8H,5-6H2,1-4H3;1-2H2,(H,5,6)(H,7,8);5-6H,1-4H2. The number of carboxylic acids is 2. The van der Waals surface area contributed by atoms with Crippen LogP contribution in [0.1, 0.15) is 40.5 Å². The molecule has 146 valence electrons. The molecule has 0 spiro atoms. The highest BCUT2D eigenvalue weighted by molar-refractivity contribution is 5.75. The van der Waals surface area contributed by atoms with E-state index in [1.807, 2.05) is 0 Å². The number of aliphatic hydroxyl groups excluding tert-OH is 2. The van der Waals surface area contributed by atoms with Crippen LogP contribution in [0.15, 0.2) is 0 Å². The smallest absolute Gasteiger partial charge is 0.303 e. The quantitative estimate of drug-likeness (QED) is 0.407. The van der Waals surface area contributed by atoms with Crippen molar-refractivity contribution in [3.05, 3.63) is 0 Å². The molecular formula is C16H34O8. The van der Waals surface area contributed by atoms with E-state index in [1.165, 1.54) is 0 Å². The highest BCUT2D eigenvalue weighted by Gasteiger charge is 2.00. The maximum atomic E-state index is 9.64. The number of hydrogen-bond donors (Lipinski definition) is 4. The Hall–Kier alpha value is -1.22. The number of rotatable bonds is 11. The molecule has 0 unspecified atom stereocenters. The maximum Gasteiger partial charge on any atom is 0.303 e. The molecule has 4 N–H and O–H groups in total. The van der Waals surface area contributed by atoms with E-state index in [4.69, 9.17) is 25.2 Å². The van der Waals surface area contributed by atoms with Crippen LogP contribution in [0.3, 0.4) is 0 Å². The molecule has 0 saturated heterocycles. The predicted octanol–water partition coefficient (Wildman–Crippen LogP) is 1.24. The second kappa shape index (κ2) is 21.8. The minimum atomic E-state index is -1.08. The molecule has 0 atom stereocenters. The predicted molar refractivity (Wildman–Crippen MR) is 90.0 cm³/mol. The number of carbonyl (C=O) groups is 2. The van der Waals surface area contributed by atoms with Crippen molar-refractivity contribution in [2.45, 2.75) is 40.5 Å². The van der Waals surface area contributed by atoms with Gasteiger partial charge in [0.2, 0.25) is 0 Å². The molecule has 0 aromatic carbocycles. The minimum absolute atomic E-state index is 0.0278. The third-order valence-corrected chi connectivity index (χ3v) is 1.93. The summed E-state index contributed by atoms with van der Waals surface area (Å²) in [5.74, 6) is -0.813. The van der Waals surface area contributed by atoms with E-state index in [1.54, 1.807) is 0 Å². The molecule has 0 aromatic rings. The normalized spacial score (nSPS) is 9.83. The summed E-state index contributed by atoms with van der Waals surface area (Å²) in [6.07, 6.45) is -0.593. The highest BCUT2D eigenvalue weighted by Crippen LogP contribution is 1.96. The number of aliphatic hydroxyl groups is 2. The molecule has 0 aliphatic carbocycles. The molecule has 0 aliphatic heterocycles. The lowest BCUT2D eigenvalue weighted by molar-refractivity contribution is -0.143. The molecule has 0 aromatic heterocycles. The van der Waals surface area contributed by atoms with Gasteiger partial charge < -0.3 is 29.9 Å². The number of hydrogen-bond acceptors (Lipinski definition) is 6.